The van der Waals surface area contributed by atoms with Gasteiger partial charge < -0.3 is 9.42 Å². The molecular formula is C22H22N4O4. The summed E-state index contributed by atoms with van der Waals surface area (Å²) in [6.45, 7) is 0.495. The third-order valence-corrected chi connectivity index (χ3v) is 5.10. The molecule has 154 valence electrons. The summed E-state index contributed by atoms with van der Waals surface area (Å²) in [5.41, 5.74) is 6.64. The number of nitrogens with zero attached hydrogens (tertiary/aromatic N) is 2. The number of benzene rings is 2. The summed E-state index contributed by atoms with van der Waals surface area (Å²) in [5.74, 6) is -0.355. The van der Waals surface area contributed by atoms with Gasteiger partial charge >= 0.3 is 0 Å². The molecule has 8 nitrogen and oxygen atoms in total. The largest absolute Gasteiger partial charge is 0.355 e. The first kappa shape index (κ1) is 19.6. The van der Waals surface area contributed by atoms with E-state index in [4.69, 9.17) is 4.52 Å². The van der Waals surface area contributed by atoms with Gasteiger partial charge in [0.1, 0.15) is 12.1 Å². The molecule has 0 unspecified atom stereocenters. The van der Waals surface area contributed by atoms with Crippen molar-refractivity contribution in [1.82, 2.24) is 20.9 Å². The average molecular weight is 406 g/mol. The molecule has 2 aromatic carbocycles. The summed E-state index contributed by atoms with van der Waals surface area (Å²) in [5, 5.41) is 4.74. The molecule has 1 fully saturated rings. The summed E-state index contributed by atoms with van der Waals surface area (Å²) < 4.78 is 5.45. The molecule has 1 aliphatic heterocycles. The molecule has 3 amide bonds. The first-order chi connectivity index (χ1) is 14.6. The van der Waals surface area contributed by atoms with Gasteiger partial charge in [0.05, 0.1) is 5.39 Å². The van der Waals surface area contributed by atoms with Gasteiger partial charge in [-0.2, -0.15) is 0 Å². The Kier molecular flexibility index (Phi) is 5.74. The number of fused-ring (bicyclic) bond motifs is 1. The van der Waals surface area contributed by atoms with E-state index in [1.165, 1.54) is 4.90 Å². The van der Waals surface area contributed by atoms with E-state index in [0.717, 1.165) is 24.8 Å². The van der Waals surface area contributed by atoms with Crippen molar-refractivity contribution in [3.63, 3.8) is 0 Å². The summed E-state index contributed by atoms with van der Waals surface area (Å²) in [6, 6.07) is 14.5. The Bertz CT molecular complexity index is 1080. The zero-order chi connectivity index (χ0) is 20.9. The normalized spacial score (nSPS) is 14.4. The highest BCUT2D eigenvalue weighted by Gasteiger charge is 2.20. The lowest BCUT2D eigenvalue weighted by molar-refractivity contribution is -0.135. The number of hydrogen-bond acceptors (Lipinski definition) is 5. The quantitative estimate of drug-likeness (QED) is 0.648. The van der Waals surface area contributed by atoms with Gasteiger partial charge in [0.2, 0.25) is 5.91 Å². The predicted molar refractivity (Wildman–Crippen MR) is 110 cm³/mol. The van der Waals surface area contributed by atoms with Gasteiger partial charge in [-0.3, -0.25) is 25.2 Å². The molecule has 3 aromatic rings. The monoisotopic (exact) mass is 406 g/mol. The average Bonchev–Trinajstić information content (AvgIpc) is 3.09. The molecule has 2 heterocycles. The maximum Gasteiger partial charge on any atom is 0.269 e. The SMILES string of the molecule is O=C(CN1CCCCCC1=O)NNC(=O)c1ccc2noc(-c3ccccc3)c2c1. The van der Waals surface area contributed by atoms with Crippen molar-refractivity contribution in [3.05, 3.63) is 54.1 Å². The van der Waals surface area contributed by atoms with Gasteiger partial charge in [0.25, 0.3) is 11.8 Å². The highest BCUT2D eigenvalue weighted by atomic mass is 16.5. The smallest absolute Gasteiger partial charge is 0.269 e. The van der Waals surface area contributed by atoms with Gasteiger partial charge in [0.15, 0.2) is 5.76 Å². The molecule has 1 saturated heterocycles. The van der Waals surface area contributed by atoms with Crippen LogP contribution in [0.1, 0.15) is 36.0 Å². The van der Waals surface area contributed by atoms with Crippen molar-refractivity contribution < 1.29 is 18.9 Å². The zero-order valence-corrected chi connectivity index (χ0v) is 16.4. The lowest BCUT2D eigenvalue weighted by Gasteiger charge is -2.19. The first-order valence-electron chi connectivity index (χ1n) is 9.93. The topological polar surface area (TPSA) is 105 Å². The highest BCUT2D eigenvalue weighted by Crippen LogP contribution is 2.29. The molecule has 2 N–H and O–H groups in total. The number of carbonyl (C=O) groups excluding carboxylic acids is 3. The van der Waals surface area contributed by atoms with Gasteiger partial charge in [-0.15, -0.1) is 0 Å². The van der Waals surface area contributed by atoms with Crippen molar-refractivity contribution in [3.8, 4) is 11.3 Å². The van der Waals surface area contributed by atoms with Crippen LogP contribution in [0, 0.1) is 0 Å². The lowest BCUT2D eigenvalue weighted by atomic mass is 10.1. The van der Waals surface area contributed by atoms with E-state index in [0.29, 0.717) is 35.2 Å². The van der Waals surface area contributed by atoms with Crippen LogP contribution in [0.5, 0.6) is 0 Å². The summed E-state index contributed by atoms with van der Waals surface area (Å²) in [7, 11) is 0. The minimum atomic E-state index is -0.465. The van der Waals surface area contributed by atoms with Gasteiger partial charge in [0, 0.05) is 24.1 Å². The number of hydrazine groups is 1. The maximum absolute atomic E-state index is 12.5. The molecule has 8 heteroatoms. The molecular weight excluding hydrogens is 384 g/mol. The predicted octanol–water partition coefficient (Wildman–Crippen LogP) is 2.66. The third kappa shape index (κ3) is 4.32. The first-order valence-corrected chi connectivity index (χ1v) is 9.93. The minimum Gasteiger partial charge on any atom is -0.355 e. The van der Waals surface area contributed by atoms with Crippen molar-refractivity contribution in [2.45, 2.75) is 25.7 Å². The van der Waals surface area contributed by atoms with E-state index < -0.39 is 11.8 Å². The van der Waals surface area contributed by atoms with E-state index >= 15 is 0 Å². The fourth-order valence-corrected chi connectivity index (χ4v) is 3.50. The van der Waals surface area contributed by atoms with Crippen molar-refractivity contribution in [1.29, 1.82) is 0 Å². The Morgan fingerprint density at radius 3 is 2.70 bits per heavy atom. The van der Waals surface area contributed by atoms with Gasteiger partial charge in [-0.25, -0.2) is 0 Å². The van der Waals surface area contributed by atoms with Crippen LogP contribution >= 0.6 is 0 Å². The molecule has 0 bridgehead atoms. The van der Waals surface area contributed by atoms with Crippen LogP contribution in [0.4, 0.5) is 0 Å². The molecule has 0 spiro atoms. The van der Waals surface area contributed by atoms with Crippen LogP contribution in [-0.2, 0) is 9.59 Å². The lowest BCUT2D eigenvalue weighted by Crippen LogP contribution is -2.47. The van der Waals surface area contributed by atoms with E-state index in [9.17, 15) is 14.4 Å². The molecule has 0 radical (unpaired) electrons. The fraction of sp³-hybridized carbons (Fsp3) is 0.273. The molecule has 0 atom stereocenters. The van der Waals surface area contributed by atoms with Crippen LogP contribution < -0.4 is 10.9 Å². The zero-order valence-electron chi connectivity index (χ0n) is 16.4. The van der Waals surface area contributed by atoms with Gasteiger partial charge in [-0.1, -0.05) is 41.9 Å². The second kappa shape index (κ2) is 8.77. The number of rotatable bonds is 4. The van der Waals surface area contributed by atoms with Gasteiger partial charge in [-0.05, 0) is 31.0 Å². The Hall–Kier alpha value is -3.68. The number of carbonyl (C=O) groups is 3. The highest BCUT2D eigenvalue weighted by molar-refractivity contribution is 6.01. The van der Waals surface area contributed by atoms with Crippen LogP contribution in [0.25, 0.3) is 22.2 Å². The maximum atomic E-state index is 12.5. The van der Waals surface area contributed by atoms with Crippen molar-refractivity contribution in [2.24, 2.45) is 0 Å². The molecule has 1 aromatic heterocycles. The Balaban J connectivity index is 1.42. The number of amides is 3. The fourth-order valence-electron chi connectivity index (χ4n) is 3.50. The van der Waals surface area contributed by atoms with Crippen LogP contribution in [-0.4, -0.2) is 40.9 Å². The Labute approximate surface area is 173 Å². The minimum absolute atomic E-state index is 0.0275. The summed E-state index contributed by atoms with van der Waals surface area (Å²) in [6.07, 6.45) is 3.18. The van der Waals surface area contributed by atoms with Crippen LogP contribution in [0.15, 0.2) is 53.1 Å². The molecule has 30 heavy (non-hydrogen) atoms. The van der Waals surface area contributed by atoms with E-state index in [-0.39, 0.29) is 12.5 Å². The van der Waals surface area contributed by atoms with E-state index in [1.807, 2.05) is 30.3 Å². The number of hydrogen-bond donors (Lipinski definition) is 2. The van der Waals surface area contributed by atoms with Crippen molar-refractivity contribution >= 4 is 28.6 Å². The summed E-state index contributed by atoms with van der Waals surface area (Å²) in [4.78, 5) is 38.2. The molecule has 0 aliphatic carbocycles. The Morgan fingerprint density at radius 1 is 1.03 bits per heavy atom. The van der Waals surface area contributed by atoms with Crippen LogP contribution in [0.2, 0.25) is 0 Å². The second-order valence-corrected chi connectivity index (χ2v) is 7.24. The summed E-state index contributed by atoms with van der Waals surface area (Å²) >= 11 is 0. The number of nitrogens with one attached hydrogen (secondary N) is 2. The van der Waals surface area contributed by atoms with E-state index in [1.54, 1.807) is 18.2 Å². The molecule has 0 saturated carbocycles. The third-order valence-electron chi connectivity index (χ3n) is 5.10. The van der Waals surface area contributed by atoms with E-state index in [2.05, 4.69) is 16.0 Å². The second-order valence-electron chi connectivity index (χ2n) is 7.24. The molecule has 1 aliphatic rings. The number of aromatic nitrogens is 1. The standard InChI is InChI=1S/C22H22N4O4/c27-19(14-26-12-6-2-5-9-20(26)28)23-24-22(29)16-10-11-18-17(13-16)21(30-25-18)15-7-3-1-4-8-15/h1,3-4,7-8,10-11,13H,2,5-6,9,12,14H2,(H,23,27)(H,24,29). The molecule has 4 rings (SSSR count). The number of likely N-dealkylation sites (tertiary alicyclic amines) is 1. The van der Waals surface area contributed by atoms with Crippen LogP contribution in [0.3, 0.4) is 0 Å². The Morgan fingerprint density at radius 2 is 1.87 bits per heavy atom. The van der Waals surface area contributed by atoms with Crippen molar-refractivity contribution in [2.75, 3.05) is 13.1 Å².